The van der Waals surface area contributed by atoms with E-state index in [1.165, 1.54) is 14.2 Å². The minimum atomic E-state index is -0.967. The van der Waals surface area contributed by atoms with Gasteiger partial charge >= 0.3 is 6.03 Å². The third-order valence-corrected chi connectivity index (χ3v) is 7.04. The van der Waals surface area contributed by atoms with Crippen LogP contribution in [0.15, 0.2) is 24.5 Å². The highest BCUT2D eigenvalue weighted by molar-refractivity contribution is 6.12. The SMILES string of the molecule is CCCCO[C@@H]1CCC[C@H]1N1C(=O)N(c2c(F)c(OC)cc(OC)c2F)Cc2cnc3[nH]ccc3c21. The Morgan fingerprint density at radius 1 is 1.14 bits per heavy atom. The van der Waals surface area contributed by atoms with Crippen molar-refractivity contribution < 1.29 is 27.8 Å². The summed E-state index contributed by atoms with van der Waals surface area (Å²) in [5.74, 6) is -2.36. The summed E-state index contributed by atoms with van der Waals surface area (Å²) >= 11 is 0. The predicted octanol–water partition coefficient (Wildman–Crippen LogP) is 5.54. The summed E-state index contributed by atoms with van der Waals surface area (Å²) in [6.07, 6.45) is 7.58. The van der Waals surface area contributed by atoms with Crippen molar-refractivity contribution in [3.8, 4) is 11.5 Å². The molecule has 8 nitrogen and oxygen atoms in total. The summed E-state index contributed by atoms with van der Waals surface area (Å²) in [7, 11) is 2.56. The molecule has 1 saturated carbocycles. The topological polar surface area (TPSA) is 79.9 Å². The Kier molecular flexibility index (Phi) is 6.70. The summed E-state index contributed by atoms with van der Waals surface area (Å²) in [6.45, 7) is 2.64. The minimum absolute atomic E-state index is 0.0585. The van der Waals surface area contributed by atoms with Gasteiger partial charge in [-0.1, -0.05) is 13.3 Å². The molecular formula is C26H30F2N4O4. The van der Waals surface area contributed by atoms with Crippen molar-refractivity contribution in [3.05, 3.63) is 41.7 Å². The van der Waals surface area contributed by atoms with Crippen LogP contribution in [-0.4, -0.2) is 49.0 Å². The van der Waals surface area contributed by atoms with Gasteiger partial charge < -0.3 is 19.2 Å². The molecule has 5 rings (SSSR count). The average molecular weight is 501 g/mol. The molecule has 3 aromatic rings. The van der Waals surface area contributed by atoms with Gasteiger partial charge in [0.2, 0.25) is 0 Å². The van der Waals surface area contributed by atoms with Crippen LogP contribution < -0.4 is 19.3 Å². The van der Waals surface area contributed by atoms with Gasteiger partial charge in [0.05, 0.1) is 38.6 Å². The number of carbonyl (C=O) groups excluding carboxylic acids is 1. The second kappa shape index (κ2) is 9.93. The Bertz CT molecular complexity index is 1250. The van der Waals surface area contributed by atoms with E-state index < -0.39 is 23.4 Å². The number of aromatic nitrogens is 2. The molecule has 10 heteroatoms. The molecule has 0 unspecified atom stereocenters. The molecule has 2 atom stereocenters. The van der Waals surface area contributed by atoms with Gasteiger partial charge in [0, 0.05) is 36.0 Å². The van der Waals surface area contributed by atoms with Gasteiger partial charge in [-0.15, -0.1) is 0 Å². The molecule has 3 heterocycles. The minimum Gasteiger partial charge on any atom is -0.493 e. The molecule has 192 valence electrons. The fourth-order valence-electron chi connectivity index (χ4n) is 5.27. The van der Waals surface area contributed by atoms with Crippen LogP contribution in [0, 0.1) is 11.6 Å². The van der Waals surface area contributed by atoms with E-state index in [1.807, 2.05) is 6.07 Å². The highest BCUT2D eigenvalue weighted by atomic mass is 19.1. The number of hydrogen-bond acceptors (Lipinski definition) is 5. The number of fused-ring (bicyclic) bond motifs is 3. The Morgan fingerprint density at radius 2 is 1.89 bits per heavy atom. The van der Waals surface area contributed by atoms with Crippen LogP contribution in [0.5, 0.6) is 11.5 Å². The monoisotopic (exact) mass is 500 g/mol. The lowest BCUT2D eigenvalue weighted by molar-refractivity contribution is 0.0456. The van der Waals surface area contributed by atoms with Crippen LogP contribution in [0.1, 0.15) is 44.6 Å². The number of carbonyl (C=O) groups is 1. The highest BCUT2D eigenvalue weighted by Crippen LogP contribution is 2.44. The number of anilines is 2. The fourth-order valence-corrected chi connectivity index (χ4v) is 5.27. The summed E-state index contributed by atoms with van der Waals surface area (Å²) in [5, 5.41) is 0.781. The molecule has 1 aromatic carbocycles. The highest BCUT2D eigenvalue weighted by Gasteiger charge is 2.44. The zero-order chi connectivity index (χ0) is 25.4. The number of nitrogens with zero attached hydrogens (tertiary/aromatic N) is 3. The Morgan fingerprint density at radius 3 is 2.58 bits per heavy atom. The first-order chi connectivity index (χ1) is 17.5. The fraction of sp³-hybridized carbons (Fsp3) is 0.462. The number of benzene rings is 1. The molecule has 36 heavy (non-hydrogen) atoms. The standard InChI is InChI=1S/C26H30F2N4O4/c1-4-5-11-36-18-8-6-7-17(18)32-23-15(13-30-25-16(23)9-10-29-25)14-31(26(32)33)24-21(27)19(34-2)12-20(35-3)22(24)28/h9-10,12-13,17-18H,4-8,11,14H2,1-3H3,(H,29,30)/t17-,18-/m1/s1. The summed E-state index contributed by atoms with van der Waals surface area (Å²) in [6, 6.07) is 2.19. The van der Waals surface area contributed by atoms with Crippen LogP contribution in [0.25, 0.3) is 11.0 Å². The lowest BCUT2D eigenvalue weighted by atomic mass is 10.0. The molecule has 0 saturated heterocycles. The first kappa shape index (κ1) is 24.3. The predicted molar refractivity (Wildman–Crippen MR) is 132 cm³/mol. The first-order valence-corrected chi connectivity index (χ1v) is 12.3. The van der Waals surface area contributed by atoms with Crippen molar-refractivity contribution >= 4 is 28.4 Å². The van der Waals surface area contributed by atoms with Crippen LogP contribution >= 0.6 is 0 Å². The van der Waals surface area contributed by atoms with Gasteiger partial charge in [-0.25, -0.2) is 18.6 Å². The maximum Gasteiger partial charge on any atom is 0.329 e. The second-order valence-corrected chi connectivity index (χ2v) is 9.13. The molecule has 1 N–H and O–H groups in total. The van der Waals surface area contributed by atoms with E-state index in [9.17, 15) is 4.79 Å². The number of methoxy groups -OCH3 is 2. The number of amides is 2. The van der Waals surface area contributed by atoms with Gasteiger partial charge in [-0.05, 0) is 31.7 Å². The largest absolute Gasteiger partial charge is 0.493 e. The van der Waals surface area contributed by atoms with Gasteiger partial charge in [0.1, 0.15) is 11.3 Å². The summed E-state index contributed by atoms with van der Waals surface area (Å²) in [4.78, 5) is 24.5. The van der Waals surface area contributed by atoms with Gasteiger partial charge in [-0.2, -0.15) is 0 Å². The zero-order valence-corrected chi connectivity index (χ0v) is 20.6. The van der Waals surface area contributed by atoms with Gasteiger partial charge in [0.15, 0.2) is 23.1 Å². The number of nitrogens with one attached hydrogen (secondary N) is 1. The van der Waals surface area contributed by atoms with E-state index in [2.05, 4.69) is 16.9 Å². The summed E-state index contributed by atoms with van der Waals surface area (Å²) in [5.41, 5.74) is 1.51. The molecule has 0 spiro atoms. The van der Waals surface area contributed by atoms with E-state index in [4.69, 9.17) is 14.2 Å². The van der Waals surface area contributed by atoms with Gasteiger partial charge in [-0.3, -0.25) is 9.80 Å². The number of rotatable bonds is 8. The molecular weight excluding hydrogens is 470 g/mol. The lowest BCUT2D eigenvalue weighted by Gasteiger charge is -2.42. The van der Waals surface area contributed by atoms with E-state index in [0.717, 1.165) is 48.5 Å². The number of unbranched alkanes of at least 4 members (excludes halogenated alkanes) is 1. The van der Waals surface area contributed by atoms with E-state index >= 15 is 8.78 Å². The number of hydrogen-bond donors (Lipinski definition) is 1. The number of pyridine rings is 1. The van der Waals surface area contributed by atoms with E-state index in [1.54, 1.807) is 17.3 Å². The van der Waals surface area contributed by atoms with Crippen molar-refractivity contribution in [3.63, 3.8) is 0 Å². The van der Waals surface area contributed by atoms with Crippen LogP contribution in [0.3, 0.4) is 0 Å². The second-order valence-electron chi connectivity index (χ2n) is 9.13. The number of urea groups is 1. The number of aromatic amines is 1. The van der Waals surface area contributed by atoms with Crippen LogP contribution in [-0.2, 0) is 11.3 Å². The first-order valence-electron chi connectivity index (χ1n) is 12.3. The van der Waals surface area contributed by atoms with Crippen molar-refractivity contribution in [2.45, 2.75) is 57.7 Å². The summed E-state index contributed by atoms with van der Waals surface area (Å²) < 4.78 is 47.4. The molecule has 0 bridgehead atoms. The van der Waals surface area contributed by atoms with Crippen molar-refractivity contribution in [2.24, 2.45) is 0 Å². The van der Waals surface area contributed by atoms with Gasteiger partial charge in [0.25, 0.3) is 0 Å². The smallest absolute Gasteiger partial charge is 0.329 e. The van der Waals surface area contributed by atoms with Crippen molar-refractivity contribution in [1.29, 1.82) is 0 Å². The molecule has 1 aliphatic carbocycles. The average Bonchev–Trinajstić information content (AvgIpc) is 3.54. The molecule has 2 aliphatic rings. The Hall–Kier alpha value is -3.40. The molecule has 2 amide bonds. The van der Waals surface area contributed by atoms with Crippen molar-refractivity contribution in [1.82, 2.24) is 9.97 Å². The number of ether oxygens (including phenoxy) is 3. The lowest BCUT2D eigenvalue weighted by Crippen LogP contribution is -2.55. The number of H-pyrrole nitrogens is 1. The molecule has 1 fully saturated rings. The van der Waals surface area contributed by atoms with E-state index in [0.29, 0.717) is 23.5 Å². The van der Waals surface area contributed by atoms with E-state index in [-0.39, 0.29) is 30.2 Å². The Labute approximate surface area is 208 Å². The zero-order valence-electron chi connectivity index (χ0n) is 20.6. The molecule has 2 aromatic heterocycles. The quantitative estimate of drug-likeness (QED) is 0.411. The van der Waals surface area contributed by atoms with Crippen molar-refractivity contribution in [2.75, 3.05) is 30.6 Å². The van der Waals surface area contributed by atoms with Crippen LogP contribution in [0.4, 0.5) is 25.0 Å². The Balaban J connectivity index is 1.65. The third-order valence-electron chi connectivity index (χ3n) is 7.04. The normalized spacial score (nSPS) is 19.8. The molecule has 0 radical (unpaired) electrons. The van der Waals surface area contributed by atoms with Crippen LogP contribution in [0.2, 0.25) is 0 Å². The number of halogens is 2. The maximum absolute atomic E-state index is 15.5. The third kappa shape index (κ3) is 3.93. The molecule has 1 aliphatic heterocycles. The maximum atomic E-state index is 15.5.